The summed E-state index contributed by atoms with van der Waals surface area (Å²) in [5, 5.41) is 8.97. The molecule has 6 heteroatoms. The van der Waals surface area contributed by atoms with E-state index in [1.807, 2.05) is 36.4 Å². The molecule has 58 heavy (non-hydrogen) atoms. The van der Waals surface area contributed by atoms with Crippen LogP contribution in [-0.2, 0) is 0 Å². The van der Waals surface area contributed by atoms with Gasteiger partial charge in [0.2, 0.25) is 0 Å². The highest BCUT2D eigenvalue weighted by Gasteiger charge is 2.23. The minimum atomic E-state index is 0.627. The van der Waals surface area contributed by atoms with Gasteiger partial charge in [-0.25, -0.2) is 9.97 Å². The molecule has 0 unspecified atom stereocenters. The van der Waals surface area contributed by atoms with Crippen molar-refractivity contribution in [3.05, 3.63) is 182 Å². The van der Waals surface area contributed by atoms with Crippen LogP contribution in [0.4, 0.5) is 0 Å². The number of fused-ring (bicyclic) bond motifs is 13. The van der Waals surface area contributed by atoms with E-state index >= 15 is 0 Å². The fourth-order valence-electron chi connectivity index (χ4n) is 9.18. The van der Waals surface area contributed by atoms with Crippen LogP contribution in [-0.4, -0.2) is 19.1 Å². The van der Waals surface area contributed by atoms with E-state index in [4.69, 9.17) is 18.8 Å². The van der Waals surface area contributed by atoms with E-state index in [2.05, 4.69) is 155 Å². The zero-order chi connectivity index (χ0) is 37.9. The maximum Gasteiger partial charge on any atom is 0.162 e. The van der Waals surface area contributed by atoms with Crippen LogP contribution in [0.5, 0.6) is 0 Å². The van der Waals surface area contributed by atoms with Crippen LogP contribution in [0.3, 0.4) is 0 Å². The minimum Gasteiger partial charge on any atom is -0.456 e. The van der Waals surface area contributed by atoms with Gasteiger partial charge in [-0.2, -0.15) is 0 Å². The molecule has 13 aromatic rings. The van der Waals surface area contributed by atoms with E-state index in [1.54, 1.807) is 0 Å². The molecule has 13 rings (SSSR count). The minimum absolute atomic E-state index is 0.627. The zero-order valence-electron chi connectivity index (χ0n) is 30.9. The Balaban J connectivity index is 1.13. The molecule has 0 saturated carbocycles. The Kier molecular flexibility index (Phi) is 6.35. The largest absolute Gasteiger partial charge is 0.456 e. The highest BCUT2D eigenvalue weighted by atomic mass is 16.3. The smallest absolute Gasteiger partial charge is 0.162 e. The van der Waals surface area contributed by atoms with Gasteiger partial charge in [0.25, 0.3) is 0 Å². The lowest BCUT2D eigenvalue weighted by Crippen LogP contribution is -2.02. The van der Waals surface area contributed by atoms with Crippen LogP contribution in [0.1, 0.15) is 0 Å². The summed E-state index contributed by atoms with van der Waals surface area (Å²) < 4.78 is 17.2. The van der Waals surface area contributed by atoms with Gasteiger partial charge in [-0.15, -0.1) is 0 Å². The van der Waals surface area contributed by atoms with E-state index < -0.39 is 0 Å². The molecule has 0 fully saturated rings. The second kappa shape index (κ2) is 11.8. The fourth-order valence-corrected chi connectivity index (χ4v) is 9.18. The molecule has 5 heterocycles. The molecule has 0 spiro atoms. The molecule has 270 valence electrons. The van der Waals surface area contributed by atoms with Crippen molar-refractivity contribution < 1.29 is 8.83 Å². The molecular weight excluding hydrogens is 713 g/mol. The van der Waals surface area contributed by atoms with E-state index in [1.165, 1.54) is 27.2 Å². The summed E-state index contributed by atoms with van der Waals surface area (Å²) >= 11 is 0. The highest BCUT2D eigenvalue weighted by Crippen LogP contribution is 2.43. The summed E-state index contributed by atoms with van der Waals surface area (Å²) in [5.74, 6) is 1.41. The number of hydrogen-bond acceptors (Lipinski definition) is 4. The average Bonchev–Trinajstić information content (AvgIpc) is 4.03. The van der Waals surface area contributed by atoms with E-state index in [0.717, 1.165) is 88.6 Å². The SMILES string of the molecule is c1ccc(-n2c3ccccc3c3ccc4c(c5ccccc5n4-c4cc(-c5ccc6oc7ccccc7c6c5)nc(-c5ccc6oc7ccccc7c6c5)n4)c32)cc1. The Labute approximate surface area is 330 Å². The molecule has 5 aromatic heterocycles. The van der Waals surface area contributed by atoms with Gasteiger partial charge >= 0.3 is 0 Å². The molecular formula is C52H30N4O2. The first-order chi connectivity index (χ1) is 28.7. The third-order valence-electron chi connectivity index (χ3n) is 11.7. The van der Waals surface area contributed by atoms with Crippen LogP contribution in [0.25, 0.3) is 122 Å². The third-order valence-corrected chi connectivity index (χ3v) is 11.7. The van der Waals surface area contributed by atoms with E-state index in [-0.39, 0.29) is 0 Å². The highest BCUT2D eigenvalue weighted by molar-refractivity contribution is 6.26. The predicted octanol–water partition coefficient (Wildman–Crippen LogP) is 13.8. The van der Waals surface area contributed by atoms with Crippen molar-refractivity contribution in [2.75, 3.05) is 0 Å². The number of furan rings is 2. The standard InChI is InChI=1S/C52H30N4O2/c1-2-12-33(13-3-1)55-42-18-8-4-14-34(42)37-24-25-44-50(51(37)55)38-17-5-9-19-43(38)56(44)49-30-41(31-22-26-47-39(28-31)35-15-6-10-20-45(35)57-47)53-52(54-49)32-23-27-48-40(29-32)36-16-7-11-21-46(36)58-48/h1-30H. The molecule has 0 atom stereocenters. The van der Waals surface area contributed by atoms with Crippen LogP contribution in [0.15, 0.2) is 191 Å². The monoisotopic (exact) mass is 742 g/mol. The van der Waals surface area contributed by atoms with Gasteiger partial charge in [0, 0.05) is 66.0 Å². The molecule has 0 amide bonds. The van der Waals surface area contributed by atoms with E-state index in [9.17, 15) is 0 Å². The molecule has 0 aliphatic carbocycles. The fraction of sp³-hybridized carbons (Fsp3) is 0. The lowest BCUT2D eigenvalue weighted by Gasteiger charge is -2.13. The zero-order valence-corrected chi connectivity index (χ0v) is 30.9. The van der Waals surface area contributed by atoms with Crippen LogP contribution >= 0.6 is 0 Å². The Hall–Kier alpha value is -7.96. The molecule has 0 saturated heterocycles. The van der Waals surface area contributed by atoms with E-state index in [0.29, 0.717) is 5.82 Å². The molecule has 0 bridgehead atoms. The number of para-hydroxylation sites is 5. The van der Waals surface area contributed by atoms with Gasteiger partial charge in [-0.3, -0.25) is 4.57 Å². The average molecular weight is 743 g/mol. The maximum absolute atomic E-state index is 6.23. The molecule has 0 N–H and O–H groups in total. The van der Waals surface area contributed by atoms with Crippen LogP contribution in [0.2, 0.25) is 0 Å². The van der Waals surface area contributed by atoms with Gasteiger partial charge in [-0.1, -0.05) is 97.1 Å². The van der Waals surface area contributed by atoms with Gasteiger partial charge < -0.3 is 13.4 Å². The summed E-state index contributed by atoms with van der Waals surface area (Å²) in [6.45, 7) is 0. The first kappa shape index (κ1) is 31.3. The van der Waals surface area contributed by atoms with Crippen molar-refractivity contribution in [1.82, 2.24) is 19.1 Å². The molecule has 0 aliphatic heterocycles. The topological polar surface area (TPSA) is 61.9 Å². The Morgan fingerprint density at radius 3 is 1.66 bits per heavy atom. The normalized spacial score (nSPS) is 12.1. The first-order valence-corrected chi connectivity index (χ1v) is 19.5. The van der Waals surface area contributed by atoms with Crippen molar-refractivity contribution in [3.8, 4) is 34.2 Å². The van der Waals surface area contributed by atoms with Crippen molar-refractivity contribution >= 4 is 87.5 Å². The number of benzene rings is 8. The molecule has 8 aromatic carbocycles. The summed E-state index contributed by atoms with van der Waals surface area (Å²) in [4.78, 5) is 10.8. The maximum atomic E-state index is 6.23. The van der Waals surface area contributed by atoms with Crippen molar-refractivity contribution in [2.24, 2.45) is 0 Å². The number of aromatic nitrogens is 4. The van der Waals surface area contributed by atoms with Crippen LogP contribution in [0, 0.1) is 0 Å². The number of hydrogen-bond donors (Lipinski definition) is 0. The predicted molar refractivity (Wildman–Crippen MR) is 236 cm³/mol. The lowest BCUT2D eigenvalue weighted by molar-refractivity contribution is 0.668. The van der Waals surface area contributed by atoms with Crippen LogP contribution < -0.4 is 0 Å². The second-order valence-electron chi connectivity index (χ2n) is 14.9. The third kappa shape index (κ3) is 4.42. The Morgan fingerprint density at radius 2 is 0.931 bits per heavy atom. The van der Waals surface area contributed by atoms with Crippen molar-refractivity contribution in [3.63, 3.8) is 0 Å². The van der Waals surface area contributed by atoms with Crippen molar-refractivity contribution in [1.29, 1.82) is 0 Å². The quantitative estimate of drug-likeness (QED) is 0.180. The van der Waals surface area contributed by atoms with Gasteiger partial charge in [0.15, 0.2) is 5.82 Å². The molecule has 0 aliphatic rings. The summed E-state index contributed by atoms with van der Waals surface area (Å²) in [6, 6.07) is 63.6. The number of rotatable bonds is 4. The summed E-state index contributed by atoms with van der Waals surface area (Å²) in [5.41, 5.74) is 11.7. The Morgan fingerprint density at radius 1 is 0.362 bits per heavy atom. The molecule has 6 nitrogen and oxygen atoms in total. The van der Waals surface area contributed by atoms with Gasteiger partial charge in [0.1, 0.15) is 28.1 Å². The Bertz CT molecular complexity index is 3680. The lowest BCUT2D eigenvalue weighted by atomic mass is 10.1. The summed E-state index contributed by atoms with van der Waals surface area (Å²) in [6.07, 6.45) is 0. The van der Waals surface area contributed by atoms with Gasteiger partial charge in [0.05, 0.1) is 27.8 Å². The first-order valence-electron chi connectivity index (χ1n) is 19.5. The summed E-state index contributed by atoms with van der Waals surface area (Å²) in [7, 11) is 0. The van der Waals surface area contributed by atoms with Gasteiger partial charge in [-0.05, 0) is 78.9 Å². The number of nitrogens with zero attached hydrogens (tertiary/aromatic N) is 4. The van der Waals surface area contributed by atoms with Crippen molar-refractivity contribution in [2.45, 2.75) is 0 Å². The second-order valence-corrected chi connectivity index (χ2v) is 14.9. The molecule has 0 radical (unpaired) electrons.